The van der Waals surface area contributed by atoms with Crippen LogP contribution < -0.4 is 0 Å². The van der Waals surface area contributed by atoms with Crippen LogP contribution in [0, 0.1) is 28.6 Å². The number of hydrogen-bond acceptors (Lipinski definition) is 2. The highest BCUT2D eigenvalue weighted by atomic mass is 14.3. The Morgan fingerprint density at radius 1 is 0.821 bits per heavy atom. The Balaban J connectivity index is 1.91. The zero-order valence-electron chi connectivity index (χ0n) is 17.2. The predicted octanol–water partition coefficient (Wildman–Crippen LogP) is 7.12. The van der Waals surface area contributed by atoms with Crippen molar-refractivity contribution in [2.45, 2.75) is 71.1 Å². The SMILES string of the molecule is CCCc1ccc(-c2ccc(C3CCC(CCC)CC3)c(C#N)c2C#N)cc1. The van der Waals surface area contributed by atoms with E-state index in [9.17, 15) is 10.5 Å². The lowest BCUT2D eigenvalue weighted by Crippen LogP contribution is -2.14. The first-order valence-electron chi connectivity index (χ1n) is 10.8. The molecule has 0 bridgehead atoms. The first kappa shape index (κ1) is 20.2. The van der Waals surface area contributed by atoms with Crippen molar-refractivity contribution in [1.82, 2.24) is 0 Å². The van der Waals surface area contributed by atoms with Crippen molar-refractivity contribution in [3.63, 3.8) is 0 Å². The smallest absolute Gasteiger partial charge is 0.101 e. The Morgan fingerprint density at radius 2 is 1.50 bits per heavy atom. The quantitative estimate of drug-likeness (QED) is 0.543. The van der Waals surface area contributed by atoms with Crippen LogP contribution in [0.4, 0.5) is 0 Å². The fourth-order valence-corrected chi connectivity index (χ4v) is 4.75. The Hall–Kier alpha value is -2.58. The first-order chi connectivity index (χ1) is 13.7. The topological polar surface area (TPSA) is 47.6 Å². The molecule has 2 aromatic carbocycles. The summed E-state index contributed by atoms with van der Waals surface area (Å²) in [5.41, 5.74) is 5.43. The van der Waals surface area contributed by atoms with E-state index >= 15 is 0 Å². The largest absolute Gasteiger partial charge is 0.192 e. The summed E-state index contributed by atoms with van der Waals surface area (Å²) >= 11 is 0. The minimum Gasteiger partial charge on any atom is -0.192 e. The fourth-order valence-electron chi connectivity index (χ4n) is 4.75. The molecule has 2 nitrogen and oxygen atoms in total. The van der Waals surface area contributed by atoms with Gasteiger partial charge in [-0.2, -0.15) is 10.5 Å². The second-order valence-corrected chi connectivity index (χ2v) is 8.13. The minimum atomic E-state index is 0.413. The van der Waals surface area contributed by atoms with E-state index in [4.69, 9.17) is 0 Å². The van der Waals surface area contributed by atoms with Gasteiger partial charge in [0.2, 0.25) is 0 Å². The van der Waals surface area contributed by atoms with E-state index in [1.54, 1.807) is 0 Å². The normalized spacial score (nSPS) is 19.0. The summed E-state index contributed by atoms with van der Waals surface area (Å²) < 4.78 is 0. The second-order valence-electron chi connectivity index (χ2n) is 8.13. The zero-order valence-corrected chi connectivity index (χ0v) is 17.2. The number of rotatable bonds is 6. The van der Waals surface area contributed by atoms with Crippen molar-refractivity contribution in [3.8, 4) is 23.3 Å². The third kappa shape index (κ3) is 4.28. The highest BCUT2D eigenvalue weighted by Crippen LogP contribution is 2.40. The molecule has 0 atom stereocenters. The predicted molar refractivity (Wildman–Crippen MR) is 115 cm³/mol. The molecular weight excluding hydrogens is 340 g/mol. The highest BCUT2D eigenvalue weighted by molar-refractivity contribution is 5.75. The van der Waals surface area contributed by atoms with Gasteiger partial charge in [0.1, 0.15) is 12.1 Å². The van der Waals surface area contributed by atoms with Crippen LogP contribution >= 0.6 is 0 Å². The first-order valence-corrected chi connectivity index (χ1v) is 10.8. The van der Waals surface area contributed by atoms with Gasteiger partial charge in [-0.25, -0.2) is 0 Å². The summed E-state index contributed by atoms with van der Waals surface area (Å²) in [4.78, 5) is 0. The monoisotopic (exact) mass is 370 g/mol. The molecule has 0 aliphatic heterocycles. The standard InChI is InChI=1S/C26H30N2/c1-3-5-19-7-11-21(12-8-19)23-15-16-24(26(18-28)25(23)17-27)22-13-9-20(6-4-2)10-14-22/h7-8,11-12,15-16,20,22H,3-6,9-10,13-14H2,1-2H3. The van der Waals surface area contributed by atoms with Gasteiger partial charge in [-0.05, 0) is 60.6 Å². The van der Waals surface area contributed by atoms with Gasteiger partial charge in [0.05, 0.1) is 11.1 Å². The van der Waals surface area contributed by atoms with Gasteiger partial charge < -0.3 is 0 Å². The van der Waals surface area contributed by atoms with Crippen LogP contribution in [0.5, 0.6) is 0 Å². The van der Waals surface area contributed by atoms with Crippen LogP contribution in [0.2, 0.25) is 0 Å². The van der Waals surface area contributed by atoms with Crippen molar-refractivity contribution >= 4 is 0 Å². The lowest BCUT2D eigenvalue weighted by Gasteiger charge is -2.29. The van der Waals surface area contributed by atoms with Crippen molar-refractivity contribution in [1.29, 1.82) is 10.5 Å². The number of hydrogen-bond donors (Lipinski definition) is 0. The molecule has 2 aromatic rings. The Labute approximate surface area is 169 Å². The van der Waals surface area contributed by atoms with Crippen LogP contribution in [0.25, 0.3) is 11.1 Å². The van der Waals surface area contributed by atoms with Crippen molar-refractivity contribution < 1.29 is 0 Å². The maximum Gasteiger partial charge on any atom is 0.101 e. The van der Waals surface area contributed by atoms with Gasteiger partial charge >= 0.3 is 0 Å². The molecule has 3 rings (SSSR count). The Bertz CT molecular complexity index is 872. The maximum atomic E-state index is 9.88. The molecule has 1 fully saturated rings. The molecule has 1 saturated carbocycles. The third-order valence-electron chi connectivity index (χ3n) is 6.25. The molecule has 0 N–H and O–H groups in total. The summed E-state index contributed by atoms with van der Waals surface area (Å²) in [5, 5.41) is 19.7. The summed E-state index contributed by atoms with van der Waals surface area (Å²) in [7, 11) is 0. The number of nitriles is 2. The van der Waals surface area contributed by atoms with Crippen LogP contribution in [0.15, 0.2) is 36.4 Å². The van der Waals surface area contributed by atoms with E-state index in [1.165, 1.54) is 31.2 Å². The average Bonchev–Trinajstić information content (AvgIpc) is 2.74. The molecule has 144 valence electrons. The van der Waals surface area contributed by atoms with E-state index in [0.29, 0.717) is 17.0 Å². The van der Waals surface area contributed by atoms with Crippen molar-refractivity contribution in [2.24, 2.45) is 5.92 Å². The number of benzene rings is 2. The summed E-state index contributed by atoms with van der Waals surface area (Å²) in [6.45, 7) is 4.43. The van der Waals surface area contributed by atoms with Crippen LogP contribution in [0.1, 0.15) is 87.0 Å². The van der Waals surface area contributed by atoms with Crippen LogP contribution in [0.3, 0.4) is 0 Å². The summed E-state index contributed by atoms with van der Waals surface area (Å²) in [6, 6.07) is 17.3. The maximum absolute atomic E-state index is 9.88. The fraction of sp³-hybridized carbons (Fsp3) is 0.462. The van der Waals surface area contributed by atoms with E-state index < -0.39 is 0 Å². The third-order valence-corrected chi connectivity index (χ3v) is 6.25. The van der Waals surface area contributed by atoms with Gasteiger partial charge in [-0.15, -0.1) is 0 Å². The molecule has 0 aromatic heterocycles. The van der Waals surface area contributed by atoms with Gasteiger partial charge in [0.25, 0.3) is 0 Å². The molecule has 0 radical (unpaired) electrons. The molecule has 0 saturated heterocycles. The van der Waals surface area contributed by atoms with Crippen molar-refractivity contribution in [2.75, 3.05) is 0 Å². The van der Waals surface area contributed by atoms with Gasteiger partial charge in [0, 0.05) is 5.56 Å². The molecule has 0 heterocycles. The summed E-state index contributed by atoms with van der Waals surface area (Å²) in [5.74, 6) is 1.25. The second kappa shape index (κ2) is 9.57. The Morgan fingerprint density at radius 3 is 2.07 bits per heavy atom. The minimum absolute atomic E-state index is 0.413. The van der Waals surface area contributed by atoms with E-state index in [1.807, 2.05) is 0 Å². The van der Waals surface area contributed by atoms with E-state index in [-0.39, 0.29) is 0 Å². The number of aryl methyl sites for hydroxylation is 1. The Kier molecular flexibility index (Phi) is 6.89. The van der Waals surface area contributed by atoms with E-state index in [2.05, 4.69) is 62.4 Å². The lowest BCUT2D eigenvalue weighted by molar-refractivity contribution is 0.308. The molecule has 2 heteroatoms. The summed E-state index contributed by atoms with van der Waals surface area (Å²) in [6.07, 6.45) is 9.50. The van der Waals surface area contributed by atoms with Gasteiger partial charge in [0.15, 0.2) is 0 Å². The highest BCUT2D eigenvalue weighted by Gasteiger charge is 2.25. The number of nitrogens with zero attached hydrogens (tertiary/aromatic N) is 2. The molecular formula is C26H30N2. The molecule has 0 unspecified atom stereocenters. The lowest BCUT2D eigenvalue weighted by atomic mass is 9.75. The molecule has 1 aliphatic rings. The van der Waals surface area contributed by atoms with E-state index in [0.717, 1.165) is 48.3 Å². The zero-order chi connectivity index (χ0) is 19.9. The van der Waals surface area contributed by atoms with Crippen LogP contribution in [-0.4, -0.2) is 0 Å². The van der Waals surface area contributed by atoms with Gasteiger partial charge in [-0.1, -0.05) is 69.5 Å². The molecule has 1 aliphatic carbocycles. The van der Waals surface area contributed by atoms with Crippen molar-refractivity contribution in [3.05, 3.63) is 58.7 Å². The molecule has 0 spiro atoms. The average molecular weight is 371 g/mol. The molecule has 0 amide bonds. The van der Waals surface area contributed by atoms with Crippen LogP contribution in [-0.2, 0) is 6.42 Å². The van der Waals surface area contributed by atoms with Gasteiger partial charge in [-0.3, -0.25) is 0 Å². The molecule has 28 heavy (non-hydrogen) atoms.